The van der Waals surface area contributed by atoms with E-state index in [1.54, 1.807) is 17.8 Å². The summed E-state index contributed by atoms with van der Waals surface area (Å²) < 4.78 is 23.4. The van der Waals surface area contributed by atoms with Gasteiger partial charge in [0.05, 0.1) is 36.7 Å². The summed E-state index contributed by atoms with van der Waals surface area (Å²) in [5.41, 5.74) is 2.95. The molecule has 1 saturated heterocycles. The van der Waals surface area contributed by atoms with Crippen molar-refractivity contribution in [3.8, 4) is 22.6 Å². The first kappa shape index (κ1) is 21.9. The molecule has 3 aliphatic heterocycles. The van der Waals surface area contributed by atoms with E-state index in [-0.39, 0.29) is 24.6 Å². The molecule has 11 heteroatoms. The van der Waals surface area contributed by atoms with Gasteiger partial charge < -0.3 is 25.0 Å². The number of amides is 1. The molecule has 1 saturated carbocycles. The number of pyridine rings is 1. The van der Waals surface area contributed by atoms with E-state index in [9.17, 15) is 14.3 Å². The van der Waals surface area contributed by atoms with Gasteiger partial charge in [-0.2, -0.15) is 9.61 Å². The highest BCUT2D eigenvalue weighted by Gasteiger charge is 2.32. The smallest absolute Gasteiger partial charge is 0.257 e. The Morgan fingerprint density at radius 2 is 2.14 bits per heavy atom. The van der Waals surface area contributed by atoms with Crippen molar-refractivity contribution in [3.63, 3.8) is 0 Å². The van der Waals surface area contributed by atoms with E-state index >= 15 is 0 Å². The molecule has 6 rings (SSSR count). The summed E-state index contributed by atoms with van der Waals surface area (Å²) in [7, 11) is 1.77. The van der Waals surface area contributed by atoms with E-state index in [0.29, 0.717) is 48.0 Å². The Hall–Kier alpha value is -3.57. The number of aromatic nitrogens is 5. The number of halogens is 1. The summed E-state index contributed by atoms with van der Waals surface area (Å²) in [6, 6.07) is 5.07. The number of hydrogen-bond donors (Lipinski definition) is 3. The maximum atomic E-state index is 14.6. The number of ether oxygens (including phenoxy) is 1. The SMILES string of the molecule is CNc1cc(-c2cnc3n([C@H]4CCOC[C@H]4F)cccc2-3)nc2c(C(=O)N[C@H]3CC[C@H]3O)cnn12. The first-order chi connectivity index (χ1) is 17.0. The van der Waals surface area contributed by atoms with E-state index in [4.69, 9.17) is 9.72 Å². The van der Waals surface area contributed by atoms with Crippen molar-refractivity contribution in [2.45, 2.75) is 43.6 Å². The van der Waals surface area contributed by atoms with E-state index in [0.717, 1.165) is 17.5 Å². The molecule has 0 bridgehead atoms. The fraction of sp³-hybridized carbons (Fsp3) is 0.417. The molecule has 0 spiro atoms. The lowest BCUT2D eigenvalue weighted by molar-refractivity contribution is 0.00346. The van der Waals surface area contributed by atoms with E-state index in [1.165, 1.54) is 6.20 Å². The third-order valence-corrected chi connectivity index (χ3v) is 7.01. The average Bonchev–Trinajstić information content (AvgIpc) is 3.50. The molecule has 2 fully saturated rings. The van der Waals surface area contributed by atoms with Gasteiger partial charge in [-0.05, 0) is 31.4 Å². The highest BCUT2D eigenvalue weighted by Crippen LogP contribution is 2.37. The number of alkyl halides is 1. The van der Waals surface area contributed by atoms with Gasteiger partial charge in [-0.15, -0.1) is 0 Å². The van der Waals surface area contributed by atoms with E-state index in [2.05, 4.69) is 20.7 Å². The van der Waals surface area contributed by atoms with Crippen LogP contribution in [0.5, 0.6) is 0 Å². The lowest BCUT2D eigenvalue weighted by Gasteiger charge is -2.32. The maximum absolute atomic E-state index is 14.6. The molecule has 0 unspecified atom stereocenters. The molecule has 2 aromatic rings. The summed E-state index contributed by atoms with van der Waals surface area (Å²) in [5.74, 6) is 1.00. The number of nitrogens with zero attached hydrogens (tertiary/aromatic N) is 5. The zero-order valence-electron chi connectivity index (χ0n) is 19.2. The van der Waals surface area contributed by atoms with Gasteiger partial charge in [0, 0.05) is 43.2 Å². The number of aliphatic hydroxyl groups excluding tert-OH is 1. The van der Waals surface area contributed by atoms with Crippen LogP contribution in [0.4, 0.5) is 10.2 Å². The van der Waals surface area contributed by atoms with Crippen molar-refractivity contribution in [2.75, 3.05) is 25.6 Å². The predicted octanol–water partition coefficient (Wildman–Crippen LogP) is 2.29. The Labute approximate surface area is 200 Å². The molecule has 0 aromatic carbocycles. The first-order valence-corrected chi connectivity index (χ1v) is 11.8. The minimum absolute atomic E-state index is 0.0787. The van der Waals surface area contributed by atoms with Crippen LogP contribution in [0, 0.1) is 0 Å². The van der Waals surface area contributed by atoms with Gasteiger partial charge in [-0.1, -0.05) is 0 Å². The number of aliphatic hydroxyl groups is 1. The number of rotatable bonds is 5. The maximum Gasteiger partial charge on any atom is 0.257 e. The van der Waals surface area contributed by atoms with Crippen LogP contribution in [-0.2, 0) is 4.74 Å². The second-order valence-corrected chi connectivity index (χ2v) is 9.07. The van der Waals surface area contributed by atoms with Crippen molar-refractivity contribution in [1.29, 1.82) is 0 Å². The molecule has 4 atom stereocenters. The molecule has 10 nitrogen and oxygen atoms in total. The topological polar surface area (TPSA) is 119 Å². The number of hydrogen-bond acceptors (Lipinski definition) is 7. The number of fused-ring (bicyclic) bond motifs is 2. The van der Waals surface area contributed by atoms with Crippen molar-refractivity contribution in [3.05, 3.63) is 42.4 Å². The Morgan fingerprint density at radius 3 is 2.89 bits per heavy atom. The summed E-state index contributed by atoms with van der Waals surface area (Å²) in [6.07, 6.45) is 5.43. The van der Waals surface area contributed by atoms with E-state index in [1.807, 2.05) is 29.0 Å². The van der Waals surface area contributed by atoms with Gasteiger partial charge in [-0.3, -0.25) is 4.79 Å². The minimum Gasteiger partial charge on any atom is -0.391 e. The van der Waals surface area contributed by atoms with Crippen LogP contribution < -0.4 is 10.6 Å². The summed E-state index contributed by atoms with van der Waals surface area (Å²) >= 11 is 0. The lowest BCUT2D eigenvalue weighted by atomic mass is 9.89. The number of carbonyl (C=O) groups is 1. The van der Waals surface area contributed by atoms with Crippen LogP contribution in [-0.4, -0.2) is 73.7 Å². The molecule has 4 aliphatic rings. The van der Waals surface area contributed by atoms with Crippen molar-refractivity contribution in [1.82, 2.24) is 29.5 Å². The highest BCUT2D eigenvalue weighted by atomic mass is 19.1. The van der Waals surface area contributed by atoms with Crippen molar-refractivity contribution >= 4 is 17.4 Å². The fourth-order valence-corrected chi connectivity index (χ4v) is 4.87. The number of anilines is 1. The quantitative estimate of drug-likeness (QED) is 0.402. The van der Waals surface area contributed by atoms with Gasteiger partial charge in [-0.25, -0.2) is 14.4 Å². The molecular weight excluding hydrogens is 453 g/mol. The normalized spacial score (nSPS) is 24.4. The zero-order chi connectivity index (χ0) is 24.1. The first-order valence-electron chi connectivity index (χ1n) is 11.8. The number of carbonyl (C=O) groups excluding carboxylic acids is 1. The number of nitrogens with one attached hydrogen (secondary N) is 2. The lowest BCUT2D eigenvalue weighted by Crippen LogP contribution is -2.50. The van der Waals surface area contributed by atoms with Gasteiger partial charge in [0.2, 0.25) is 0 Å². The van der Waals surface area contributed by atoms with Crippen LogP contribution >= 0.6 is 0 Å². The van der Waals surface area contributed by atoms with Crippen LogP contribution in [0.1, 0.15) is 35.7 Å². The Morgan fingerprint density at radius 1 is 1.26 bits per heavy atom. The second-order valence-electron chi connectivity index (χ2n) is 9.07. The molecule has 35 heavy (non-hydrogen) atoms. The molecular formula is C24H26FN7O3. The standard InChI is InChI=1S/C24H26FN7O3/c1-26-21-9-18(29-23-15(11-28-32(21)23)24(34)30-17-4-5-20(17)33)14-10-27-22-13(14)3-2-7-31(22)19-6-8-35-12-16(19)25/h2-3,7,9-11,16-17,19-20,26,33H,4-6,8,12H2,1H3,(H,30,34)/t16-,17+,19+,20-/m1/s1. The van der Waals surface area contributed by atoms with E-state index < -0.39 is 12.3 Å². The van der Waals surface area contributed by atoms with Crippen molar-refractivity contribution in [2.24, 2.45) is 0 Å². The summed E-state index contributed by atoms with van der Waals surface area (Å²) in [5, 5.41) is 20.2. The molecule has 1 aliphatic carbocycles. The summed E-state index contributed by atoms with van der Waals surface area (Å²) in [4.78, 5) is 22.3. The monoisotopic (exact) mass is 479 g/mol. The molecule has 0 radical (unpaired) electrons. The molecule has 182 valence electrons. The van der Waals surface area contributed by atoms with Crippen molar-refractivity contribution < 1.29 is 19.0 Å². The van der Waals surface area contributed by atoms with Gasteiger partial charge in [0.15, 0.2) is 5.65 Å². The molecule has 3 N–H and O–H groups in total. The average molecular weight is 480 g/mol. The van der Waals surface area contributed by atoms with Crippen LogP contribution in [0.25, 0.3) is 28.3 Å². The Bertz CT molecular complexity index is 1370. The fourth-order valence-electron chi connectivity index (χ4n) is 4.87. The third-order valence-electron chi connectivity index (χ3n) is 7.01. The largest absolute Gasteiger partial charge is 0.391 e. The highest BCUT2D eigenvalue weighted by molar-refractivity contribution is 6.00. The zero-order valence-corrected chi connectivity index (χ0v) is 19.2. The minimum atomic E-state index is -1.10. The van der Waals surface area contributed by atoms with Crippen LogP contribution in [0.2, 0.25) is 0 Å². The predicted molar refractivity (Wildman–Crippen MR) is 126 cm³/mol. The molecule has 5 heterocycles. The van der Waals surface area contributed by atoms with Crippen LogP contribution in [0.3, 0.4) is 0 Å². The van der Waals surface area contributed by atoms with Gasteiger partial charge >= 0.3 is 0 Å². The third kappa shape index (κ3) is 3.62. The molecule has 2 aromatic heterocycles. The van der Waals surface area contributed by atoms with Gasteiger partial charge in [0.25, 0.3) is 5.91 Å². The Balaban J connectivity index is 1.40. The van der Waals surface area contributed by atoms with Crippen LogP contribution in [0.15, 0.2) is 36.8 Å². The second kappa shape index (κ2) is 8.58. The summed E-state index contributed by atoms with van der Waals surface area (Å²) in [6.45, 7) is 0.588. The Kier molecular flexibility index (Phi) is 5.37. The van der Waals surface area contributed by atoms with Gasteiger partial charge in [0.1, 0.15) is 23.4 Å². The molecule has 1 amide bonds.